The van der Waals surface area contributed by atoms with Gasteiger partial charge in [0, 0.05) is 18.3 Å². The minimum Gasteiger partial charge on any atom is -0.351 e. The number of amides is 1. The molecule has 0 atom stereocenters. The van der Waals surface area contributed by atoms with E-state index in [1.54, 1.807) is 30.3 Å². The van der Waals surface area contributed by atoms with E-state index in [1.165, 1.54) is 6.33 Å². The molecule has 2 aromatic rings. The molecule has 1 aromatic heterocycles. The monoisotopic (exact) mass is 295 g/mol. The Morgan fingerprint density at radius 1 is 1.27 bits per heavy atom. The van der Waals surface area contributed by atoms with Crippen LogP contribution < -0.4 is 10.6 Å². The molecule has 0 aliphatic carbocycles. The van der Waals surface area contributed by atoms with Crippen LogP contribution in [0, 0.1) is 11.3 Å². The average Bonchev–Trinajstić information content (AvgIpc) is 2.56. The lowest BCUT2D eigenvalue weighted by Crippen LogP contribution is -2.25. The van der Waals surface area contributed by atoms with Gasteiger partial charge in [-0.15, -0.1) is 0 Å². The van der Waals surface area contributed by atoms with Crippen molar-refractivity contribution in [3.8, 4) is 6.07 Å². The average molecular weight is 295 g/mol. The van der Waals surface area contributed by atoms with Gasteiger partial charge < -0.3 is 10.6 Å². The van der Waals surface area contributed by atoms with Crippen LogP contribution in [0.25, 0.3) is 0 Å². The van der Waals surface area contributed by atoms with Crippen LogP contribution in [-0.2, 0) is 0 Å². The van der Waals surface area contributed by atoms with E-state index in [-0.39, 0.29) is 5.91 Å². The summed E-state index contributed by atoms with van der Waals surface area (Å²) in [6.45, 7) is 2.70. The standard InChI is InChI=1S/C16H17N5O/c1-2-3-8-18-16(22)14-9-15(20-11-19-14)21-13-6-4-12(10-17)5-7-13/h4-7,9,11H,2-3,8H2,1H3,(H,18,22)(H,19,20,21). The van der Waals surface area contributed by atoms with Crippen LogP contribution in [0.1, 0.15) is 35.8 Å². The molecule has 0 bridgehead atoms. The Kier molecular flexibility index (Phi) is 5.44. The number of nitrogens with zero attached hydrogens (tertiary/aromatic N) is 3. The van der Waals surface area contributed by atoms with Gasteiger partial charge in [0.15, 0.2) is 0 Å². The van der Waals surface area contributed by atoms with E-state index in [0.29, 0.717) is 23.6 Å². The van der Waals surface area contributed by atoms with Crippen molar-refractivity contribution < 1.29 is 4.79 Å². The Hall–Kier alpha value is -2.94. The molecule has 0 spiro atoms. The second-order valence-corrected chi connectivity index (χ2v) is 4.71. The molecule has 0 radical (unpaired) electrons. The third kappa shape index (κ3) is 4.28. The summed E-state index contributed by atoms with van der Waals surface area (Å²) in [6, 6.07) is 10.6. The third-order valence-electron chi connectivity index (χ3n) is 3.00. The van der Waals surface area contributed by atoms with Gasteiger partial charge in [-0.25, -0.2) is 9.97 Å². The first-order valence-corrected chi connectivity index (χ1v) is 7.10. The van der Waals surface area contributed by atoms with Crippen molar-refractivity contribution in [1.82, 2.24) is 15.3 Å². The molecule has 1 aromatic carbocycles. The Labute approximate surface area is 129 Å². The number of carbonyl (C=O) groups is 1. The van der Waals surface area contributed by atoms with Crippen LogP contribution in [0.2, 0.25) is 0 Å². The summed E-state index contributed by atoms with van der Waals surface area (Å²) in [5, 5.41) is 14.7. The zero-order valence-corrected chi connectivity index (χ0v) is 12.3. The number of anilines is 2. The summed E-state index contributed by atoms with van der Waals surface area (Å²) < 4.78 is 0. The molecule has 6 heteroatoms. The summed E-state index contributed by atoms with van der Waals surface area (Å²) in [4.78, 5) is 20.0. The van der Waals surface area contributed by atoms with Crippen molar-refractivity contribution in [3.05, 3.63) is 47.9 Å². The number of benzene rings is 1. The summed E-state index contributed by atoms with van der Waals surface area (Å²) >= 11 is 0. The molecule has 22 heavy (non-hydrogen) atoms. The van der Waals surface area contributed by atoms with E-state index in [9.17, 15) is 4.79 Å². The summed E-state index contributed by atoms with van der Waals surface area (Å²) in [5.41, 5.74) is 1.70. The van der Waals surface area contributed by atoms with Crippen molar-refractivity contribution in [2.24, 2.45) is 0 Å². The molecule has 0 saturated carbocycles. The second kappa shape index (κ2) is 7.74. The highest BCUT2D eigenvalue weighted by atomic mass is 16.1. The van der Waals surface area contributed by atoms with Gasteiger partial charge in [0.05, 0.1) is 11.6 Å². The van der Waals surface area contributed by atoms with Crippen LogP contribution in [0.4, 0.5) is 11.5 Å². The van der Waals surface area contributed by atoms with Gasteiger partial charge in [-0.1, -0.05) is 13.3 Å². The Morgan fingerprint density at radius 2 is 2.05 bits per heavy atom. The molecule has 0 aliphatic rings. The minimum absolute atomic E-state index is 0.210. The van der Waals surface area contributed by atoms with Crippen molar-refractivity contribution in [3.63, 3.8) is 0 Å². The highest BCUT2D eigenvalue weighted by Crippen LogP contribution is 2.15. The van der Waals surface area contributed by atoms with Crippen LogP contribution >= 0.6 is 0 Å². The predicted molar refractivity (Wildman–Crippen MR) is 83.7 cm³/mol. The molecule has 112 valence electrons. The summed E-state index contributed by atoms with van der Waals surface area (Å²) in [5.74, 6) is 0.319. The fourth-order valence-electron chi connectivity index (χ4n) is 1.80. The number of hydrogen-bond donors (Lipinski definition) is 2. The summed E-state index contributed by atoms with van der Waals surface area (Å²) in [7, 11) is 0. The van der Waals surface area contributed by atoms with Gasteiger partial charge in [0.25, 0.3) is 5.91 Å². The highest BCUT2D eigenvalue weighted by Gasteiger charge is 2.08. The Morgan fingerprint density at radius 3 is 2.73 bits per heavy atom. The molecule has 0 saturated heterocycles. The Bertz CT molecular complexity index is 676. The third-order valence-corrected chi connectivity index (χ3v) is 3.00. The number of nitrogens with one attached hydrogen (secondary N) is 2. The molecular formula is C16H17N5O. The number of nitriles is 1. The van der Waals surface area contributed by atoms with E-state index < -0.39 is 0 Å². The van der Waals surface area contributed by atoms with Crippen LogP contribution in [0.5, 0.6) is 0 Å². The zero-order valence-electron chi connectivity index (χ0n) is 12.3. The van der Waals surface area contributed by atoms with Gasteiger partial charge in [0.1, 0.15) is 17.8 Å². The van der Waals surface area contributed by atoms with Crippen LogP contribution in [0.3, 0.4) is 0 Å². The van der Waals surface area contributed by atoms with Gasteiger partial charge >= 0.3 is 0 Å². The van der Waals surface area contributed by atoms with Crippen molar-refractivity contribution in [1.29, 1.82) is 5.26 Å². The largest absolute Gasteiger partial charge is 0.351 e. The van der Waals surface area contributed by atoms with Crippen LogP contribution in [-0.4, -0.2) is 22.4 Å². The quantitative estimate of drug-likeness (QED) is 0.799. The number of hydrogen-bond acceptors (Lipinski definition) is 5. The molecule has 0 unspecified atom stereocenters. The lowest BCUT2D eigenvalue weighted by Gasteiger charge is -2.07. The fraction of sp³-hybridized carbons (Fsp3) is 0.250. The van der Waals surface area contributed by atoms with E-state index in [2.05, 4.69) is 33.6 Å². The van der Waals surface area contributed by atoms with Crippen LogP contribution in [0.15, 0.2) is 36.7 Å². The minimum atomic E-state index is -0.210. The number of unbranched alkanes of at least 4 members (excludes halogenated alkanes) is 1. The number of aromatic nitrogens is 2. The van der Waals surface area contributed by atoms with Gasteiger partial charge in [-0.05, 0) is 30.7 Å². The van der Waals surface area contributed by atoms with E-state index in [0.717, 1.165) is 18.5 Å². The first-order valence-electron chi connectivity index (χ1n) is 7.10. The smallest absolute Gasteiger partial charge is 0.270 e. The van der Waals surface area contributed by atoms with Crippen molar-refractivity contribution >= 4 is 17.4 Å². The lowest BCUT2D eigenvalue weighted by atomic mass is 10.2. The molecule has 0 aliphatic heterocycles. The molecule has 1 heterocycles. The maximum absolute atomic E-state index is 11.9. The fourth-order valence-corrected chi connectivity index (χ4v) is 1.80. The SMILES string of the molecule is CCCCNC(=O)c1cc(Nc2ccc(C#N)cc2)ncn1. The maximum Gasteiger partial charge on any atom is 0.270 e. The second-order valence-electron chi connectivity index (χ2n) is 4.71. The molecule has 0 fully saturated rings. The van der Waals surface area contributed by atoms with Gasteiger partial charge in [-0.3, -0.25) is 4.79 Å². The molecule has 2 N–H and O–H groups in total. The van der Waals surface area contributed by atoms with Gasteiger partial charge in [-0.2, -0.15) is 5.26 Å². The topological polar surface area (TPSA) is 90.7 Å². The maximum atomic E-state index is 11.9. The normalized spacial score (nSPS) is 9.82. The Balaban J connectivity index is 2.04. The lowest BCUT2D eigenvalue weighted by molar-refractivity contribution is 0.0948. The first kappa shape index (κ1) is 15.4. The highest BCUT2D eigenvalue weighted by molar-refractivity contribution is 5.92. The van der Waals surface area contributed by atoms with E-state index in [4.69, 9.17) is 5.26 Å². The first-order chi connectivity index (χ1) is 10.7. The van der Waals surface area contributed by atoms with Crippen molar-refractivity contribution in [2.75, 3.05) is 11.9 Å². The number of rotatable bonds is 6. The van der Waals surface area contributed by atoms with E-state index in [1.807, 2.05) is 0 Å². The summed E-state index contributed by atoms with van der Waals surface area (Å²) in [6.07, 6.45) is 3.31. The molecular weight excluding hydrogens is 278 g/mol. The van der Waals surface area contributed by atoms with E-state index >= 15 is 0 Å². The van der Waals surface area contributed by atoms with Crippen molar-refractivity contribution in [2.45, 2.75) is 19.8 Å². The number of carbonyl (C=O) groups excluding carboxylic acids is 1. The molecule has 1 amide bonds. The molecule has 2 rings (SSSR count). The molecule has 6 nitrogen and oxygen atoms in total. The predicted octanol–water partition coefficient (Wildman–Crippen LogP) is 2.62. The zero-order chi connectivity index (χ0) is 15.8. The van der Waals surface area contributed by atoms with Gasteiger partial charge in [0.2, 0.25) is 0 Å².